The molecule has 0 saturated carbocycles. The first-order valence-corrected chi connectivity index (χ1v) is 9.59. The molecule has 1 heterocycles. The van der Waals surface area contributed by atoms with Crippen molar-refractivity contribution >= 4 is 31.5 Å². The molecule has 0 atom stereocenters. The highest BCUT2D eigenvalue weighted by Crippen LogP contribution is 2.23. The Morgan fingerprint density at radius 1 is 1.30 bits per heavy atom. The van der Waals surface area contributed by atoms with E-state index in [2.05, 4.69) is 4.72 Å². The zero-order chi connectivity index (χ0) is 15.0. The monoisotopic (exact) mass is 339 g/mol. The molecule has 0 bridgehead atoms. The highest BCUT2D eigenvalue weighted by Gasteiger charge is 2.45. The lowest BCUT2D eigenvalue weighted by molar-refractivity contribution is -0.0503. The minimum atomic E-state index is -3.85. The fourth-order valence-corrected chi connectivity index (χ4v) is 5.01. The maximum atomic E-state index is 12.3. The Kier molecular flexibility index (Phi) is 4.14. The zero-order valence-electron chi connectivity index (χ0n) is 10.7. The van der Waals surface area contributed by atoms with Crippen LogP contribution in [0.2, 0.25) is 5.02 Å². The number of sulfonamides is 1. The second-order valence-electron chi connectivity index (χ2n) is 4.91. The largest absolute Gasteiger partial charge is 0.377 e. The standard InChI is InChI=1S/C11H14ClNO5S2/c1-19(14,15)8-11(6-18-7-11)13-20(16,17)10-4-2-3-9(12)5-10/h2-5,13H,6-8H2,1H3. The number of sulfone groups is 1. The minimum absolute atomic E-state index is 0.00947. The van der Waals surface area contributed by atoms with Crippen LogP contribution in [0.1, 0.15) is 0 Å². The summed E-state index contributed by atoms with van der Waals surface area (Å²) in [4.78, 5) is -0.00947. The molecular weight excluding hydrogens is 326 g/mol. The van der Waals surface area contributed by atoms with Crippen LogP contribution in [0.3, 0.4) is 0 Å². The summed E-state index contributed by atoms with van der Waals surface area (Å²) in [5, 5.41) is 0.287. The fourth-order valence-electron chi connectivity index (χ4n) is 2.00. The summed E-state index contributed by atoms with van der Waals surface area (Å²) in [6, 6.07) is 5.76. The van der Waals surface area contributed by atoms with Crippen molar-refractivity contribution < 1.29 is 21.6 Å². The molecular formula is C11H14ClNO5S2. The second-order valence-corrected chi connectivity index (χ2v) is 9.17. The molecule has 1 aliphatic heterocycles. The molecule has 112 valence electrons. The van der Waals surface area contributed by atoms with E-state index in [0.717, 1.165) is 6.26 Å². The van der Waals surface area contributed by atoms with Crippen molar-refractivity contribution in [2.75, 3.05) is 25.2 Å². The van der Waals surface area contributed by atoms with E-state index >= 15 is 0 Å². The van der Waals surface area contributed by atoms with Crippen LogP contribution < -0.4 is 4.72 Å². The number of ether oxygens (including phenoxy) is 1. The lowest BCUT2D eigenvalue weighted by Crippen LogP contribution is -2.65. The first kappa shape index (κ1) is 15.7. The zero-order valence-corrected chi connectivity index (χ0v) is 13.1. The summed E-state index contributed by atoms with van der Waals surface area (Å²) in [6.45, 7) is 0.0553. The number of hydrogen-bond acceptors (Lipinski definition) is 5. The van der Waals surface area contributed by atoms with Crippen molar-refractivity contribution in [1.82, 2.24) is 4.72 Å². The molecule has 1 aromatic rings. The second kappa shape index (κ2) is 5.27. The third kappa shape index (κ3) is 3.70. The van der Waals surface area contributed by atoms with Gasteiger partial charge in [0, 0.05) is 11.3 Å². The van der Waals surface area contributed by atoms with Crippen LogP contribution in [0.4, 0.5) is 0 Å². The molecule has 1 aromatic carbocycles. The summed E-state index contributed by atoms with van der Waals surface area (Å²) in [5.74, 6) is -0.306. The van der Waals surface area contributed by atoms with Gasteiger partial charge in [0.25, 0.3) is 0 Å². The predicted molar refractivity (Wildman–Crippen MR) is 75.0 cm³/mol. The van der Waals surface area contributed by atoms with Gasteiger partial charge >= 0.3 is 0 Å². The molecule has 0 radical (unpaired) electrons. The summed E-state index contributed by atoms with van der Waals surface area (Å²) in [7, 11) is -7.19. The third-order valence-electron chi connectivity index (χ3n) is 2.75. The van der Waals surface area contributed by atoms with Crippen LogP contribution in [-0.4, -0.2) is 47.6 Å². The van der Waals surface area contributed by atoms with Crippen LogP contribution in [0.15, 0.2) is 29.2 Å². The highest BCUT2D eigenvalue weighted by molar-refractivity contribution is 7.91. The van der Waals surface area contributed by atoms with Crippen molar-refractivity contribution in [3.05, 3.63) is 29.3 Å². The van der Waals surface area contributed by atoms with E-state index in [1.54, 1.807) is 6.07 Å². The Balaban J connectivity index is 2.27. The van der Waals surface area contributed by atoms with E-state index in [1.807, 2.05) is 0 Å². The fraction of sp³-hybridized carbons (Fsp3) is 0.455. The number of benzene rings is 1. The van der Waals surface area contributed by atoms with E-state index in [0.29, 0.717) is 0 Å². The van der Waals surface area contributed by atoms with E-state index in [-0.39, 0.29) is 28.9 Å². The van der Waals surface area contributed by atoms with Crippen molar-refractivity contribution in [3.8, 4) is 0 Å². The van der Waals surface area contributed by atoms with Gasteiger partial charge < -0.3 is 4.74 Å². The lowest BCUT2D eigenvalue weighted by atomic mass is 10.0. The van der Waals surface area contributed by atoms with Crippen molar-refractivity contribution in [3.63, 3.8) is 0 Å². The third-order valence-corrected chi connectivity index (χ3v) is 5.64. The molecule has 20 heavy (non-hydrogen) atoms. The summed E-state index contributed by atoms with van der Waals surface area (Å²) in [5.41, 5.74) is -1.10. The SMILES string of the molecule is CS(=O)(=O)CC1(NS(=O)(=O)c2cccc(Cl)c2)COC1. The summed E-state index contributed by atoms with van der Waals surface area (Å²) in [6.07, 6.45) is 1.06. The van der Waals surface area contributed by atoms with Crippen LogP contribution in [0.25, 0.3) is 0 Å². The molecule has 0 aromatic heterocycles. The molecule has 1 N–H and O–H groups in total. The Morgan fingerprint density at radius 3 is 2.40 bits per heavy atom. The van der Waals surface area contributed by atoms with Gasteiger partial charge in [0.2, 0.25) is 10.0 Å². The number of rotatable bonds is 5. The normalized spacial score (nSPS) is 18.5. The predicted octanol–water partition coefficient (Wildman–Crippen LogP) is 0.432. The smallest absolute Gasteiger partial charge is 0.241 e. The Hall–Kier alpha value is -0.670. The average Bonchev–Trinajstić information content (AvgIpc) is 2.24. The lowest BCUT2D eigenvalue weighted by Gasteiger charge is -2.40. The molecule has 0 spiro atoms. The van der Waals surface area contributed by atoms with Gasteiger partial charge in [-0.25, -0.2) is 16.8 Å². The van der Waals surface area contributed by atoms with Crippen LogP contribution in [0.5, 0.6) is 0 Å². The average molecular weight is 340 g/mol. The summed E-state index contributed by atoms with van der Waals surface area (Å²) < 4.78 is 54.7. The number of nitrogens with one attached hydrogen (secondary N) is 1. The van der Waals surface area contributed by atoms with Gasteiger partial charge in [-0.1, -0.05) is 17.7 Å². The molecule has 0 unspecified atom stereocenters. The van der Waals surface area contributed by atoms with Crippen LogP contribution in [-0.2, 0) is 24.6 Å². The molecule has 1 fully saturated rings. The van der Waals surface area contributed by atoms with E-state index in [1.165, 1.54) is 18.2 Å². The molecule has 2 rings (SSSR count). The van der Waals surface area contributed by atoms with Crippen molar-refractivity contribution in [2.45, 2.75) is 10.4 Å². The van der Waals surface area contributed by atoms with E-state index < -0.39 is 25.4 Å². The minimum Gasteiger partial charge on any atom is -0.377 e. The Morgan fingerprint density at radius 2 is 1.95 bits per heavy atom. The van der Waals surface area contributed by atoms with Gasteiger partial charge in [-0.3, -0.25) is 0 Å². The first-order valence-electron chi connectivity index (χ1n) is 5.67. The summed E-state index contributed by atoms with van der Waals surface area (Å²) >= 11 is 5.76. The molecule has 1 saturated heterocycles. The topological polar surface area (TPSA) is 89.5 Å². The maximum Gasteiger partial charge on any atom is 0.241 e. The van der Waals surface area contributed by atoms with Gasteiger partial charge in [-0.05, 0) is 18.2 Å². The maximum absolute atomic E-state index is 12.3. The molecule has 9 heteroatoms. The van der Waals surface area contributed by atoms with E-state index in [4.69, 9.17) is 16.3 Å². The number of hydrogen-bond donors (Lipinski definition) is 1. The Bertz CT molecular complexity index is 710. The van der Waals surface area contributed by atoms with Crippen molar-refractivity contribution in [2.24, 2.45) is 0 Å². The molecule has 0 amide bonds. The van der Waals surface area contributed by atoms with Gasteiger partial charge in [0.05, 0.1) is 29.4 Å². The van der Waals surface area contributed by atoms with E-state index in [9.17, 15) is 16.8 Å². The highest BCUT2D eigenvalue weighted by atomic mass is 35.5. The quantitative estimate of drug-likeness (QED) is 0.840. The molecule has 1 aliphatic rings. The van der Waals surface area contributed by atoms with Gasteiger partial charge in [-0.15, -0.1) is 0 Å². The first-order chi connectivity index (χ1) is 9.12. The Labute approximate surface area is 123 Å². The van der Waals surface area contributed by atoms with Gasteiger partial charge in [0.15, 0.2) is 0 Å². The number of halogens is 1. The van der Waals surface area contributed by atoms with Gasteiger partial charge in [-0.2, -0.15) is 4.72 Å². The van der Waals surface area contributed by atoms with Crippen LogP contribution in [0, 0.1) is 0 Å². The molecule has 0 aliphatic carbocycles. The van der Waals surface area contributed by atoms with Gasteiger partial charge in [0.1, 0.15) is 9.84 Å². The van der Waals surface area contributed by atoms with Crippen LogP contribution >= 0.6 is 11.6 Å². The molecule has 6 nitrogen and oxygen atoms in total. The van der Waals surface area contributed by atoms with Crippen molar-refractivity contribution in [1.29, 1.82) is 0 Å².